The summed E-state index contributed by atoms with van der Waals surface area (Å²) in [6.07, 6.45) is 4.12. The summed E-state index contributed by atoms with van der Waals surface area (Å²) in [7, 11) is 0. The first kappa shape index (κ1) is 11.4. The molecule has 0 bridgehead atoms. The van der Waals surface area contributed by atoms with Gasteiger partial charge in [-0.15, -0.1) is 0 Å². The van der Waals surface area contributed by atoms with Crippen molar-refractivity contribution in [2.75, 3.05) is 0 Å². The van der Waals surface area contributed by atoms with Gasteiger partial charge >= 0.3 is 5.97 Å². The fourth-order valence-corrected chi connectivity index (χ4v) is 1.71. The number of imidazole rings is 1. The fourth-order valence-electron chi connectivity index (χ4n) is 1.71. The minimum absolute atomic E-state index is 0.139. The highest BCUT2D eigenvalue weighted by atomic mass is 16.4. The number of rotatable bonds is 5. The van der Waals surface area contributed by atoms with Gasteiger partial charge in [-0.05, 0) is 12.0 Å². The monoisotopic (exact) mass is 230 g/mol. The van der Waals surface area contributed by atoms with Gasteiger partial charge in [0.2, 0.25) is 0 Å². The van der Waals surface area contributed by atoms with Gasteiger partial charge in [-0.1, -0.05) is 30.3 Å². The van der Waals surface area contributed by atoms with E-state index < -0.39 is 5.97 Å². The molecule has 1 heterocycles. The van der Waals surface area contributed by atoms with E-state index in [9.17, 15) is 4.79 Å². The lowest BCUT2D eigenvalue weighted by molar-refractivity contribution is -0.136. The Bertz CT molecular complexity index is 491. The Morgan fingerprint density at radius 2 is 2.06 bits per heavy atom. The van der Waals surface area contributed by atoms with Crippen molar-refractivity contribution >= 4 is 5.97 Å². The number of aryl methyl sites for hydroxylation is 1. The average Bonchev–Trinajstić information content (AvgIpc) is 2.75. The van der Waals surface area contributed by atoms with E-state index in [1.165, 1.54) is 5.56 Å². The van der Waals surface area contributed by atoms with Crippen LogP contribution in [-0.2, 0) is 17.8 Å². The van der Waals surface area contributed by atoms with Crippen molar-refractivity contribution < 1.29 is 9.90 Å². The summed E-state index contributed by atoms with van der Waals surface area (Å²) in [5.41, 5.74) is 2.14. The van der Waals surface area contributed by atoms with Gasteiger partial charge < -0.3 is 9.67 Å². The summed E-state index contributed by atoms with van der Waals surface area (Å²) in [5.74, 6) is -0.780. The summed E-state index contributed by atoms with van der Waals surface area (Å²) in [6.45, 7) is 0.732. The van der Waals surface area contributed by atoms with Gasteiger partial charge in [-0.25, -0.2) is 4.98 Å². The van der Waals surface area contributed by atoms with Crippen LogP contribution in [0.15, 0.2) is 42.9 Å². The van der Waals surface area contributed by atoms with E-state index in [1.54, 1.807) is 12.5 Å². The maximum atomic E-state index is 10.5. The van der Waals surface area contributed by atoms with E-state index in [1.807, 2.05) is 34.9 Å². The minimum atomic E-state index is -0.780. The summed E-state index contributed by atoms with van der Waals surface area (Å²) in [5, 5.41) is 8.66. The summed E-state index contributed by atoms with van der Waals surface area (Å²) in [6, 6.07) is 10.0. The average molecular weight is 230 g/mol. The number of aromatic nitrogens is 2. The zero-order valence-electron chi connectivity index (χ0n) is 9.41. The lowest BCUT2D eigenvalue weighted by atomic mass is 10.2. The Balaban J connectivity index is 2.06. The molecule has 4 nitrogen and oxygen atoms in total. The molecule has 88 valence electrons. The van der Waals surface area contributed by atoms with Crippen molar-refractivity contribution in [3.8, 4) is 0 Å². The van der Waals surface area contributed by atoms with Crippen LogP contribution in [0.25, 0.3) is 0 Å². The van der Waals surface area contributed by atoms with Crippen molar-refractivity contribution in [2.45, 2.75) is 19.4 Å². The third-order valence-corrected chi connectivity index (χ3v) is 2.59. The number of carboxylic acids is 1. The number of hydrogen-bond donors (Lipinski definition) is 1. The first-order chi connectivity index (χ1) is 8.25. The number of nitrogens with zero attached hydrogens (tertiary/aromatic N) is 2. The van der Waals surface area contributed by atoms with Crippen LogP contribution in [0.1, 0.15) is 17.7 Å². The third-order valence-electron chi connectivity index (χ3n) is 2.59. The van der Waals surface area contributed by atoms with Crippen LogP contribution in [0.5, 0.6) is 0 Å². The van der Waals surface area contributed by atoms with E-state index in [4.69, 9.17) is 5.11 Å². The fraction of sp³-hybridized carbons (Fsp3) is 0.231. The Morgan fingerprint density at radius 1 is 1.29 bits per heavy atom. The molecule has 0 saturated carbocycles. The number of carbonyl (C=O) groups is 1. The van der Waals surface area contributed by atoms with Crippen LogP contribution in [0, 0.1) is 0 Å². The largest absolute Gasteiger partial charge is 0.481 e. The minimum Gasteiger partial charge on any atom is -0.481 e. The van der Waals surface area contributed by atoms with Gasteiger partial charge in [0.15, 0.2) is 0 Å². The highest BCUT2D eigenvalue weighted by Gasteiger charge is 2.05. The van der Waals surface area contributed by atoms with Crippen molar-refractivity contribution in [1.82, 2.24) is 9.55 Å². The predicted molar refractivity (Wildman–Crippen MR) is 63.7 cm³/mol. The SMILES string of the molecule is O=C(O)CCc1cncn1Cc1ccccc1. The van der Waals surface area contributed by atoms with E-state index in [0.717, 1.165) is 12.2 Å². The molecule has 0 atom stereocenters. The van der Waals surface area contributed by atoms with Crippen molar-refractivity contribution in [3.05, 3.63) is 54.1 Å². The van der Waals surface area contributed by atoms with E-state index >= 15 is 0 Å². The van der Waals surface area contributed by atoms with Crippen LogP contribution in [0.4, 0.5) is 0 Å². The maximum Gasteiger partial charge on any atom is 0.303 e. The first-order valence-electron chi connectivity index (χ1n) is 5.50. The molecule has 1 aromatic heterocycles. The van der Waals surface area contributed by atoms with Crippen LogP contribution in [0.2, 0.25) is 0 Å². The lowest BCUT2D eigenvalue weighted by Crippen LogP contribution is -2.05. The Hall–Kier alpha value is -2.10. The number of benzene rings is 1. The molecule has 0 fully saturated rings. The molecule has 1 N–H and O–H groups in total. The van der Waals surface area contributed by atoms with Crippen molar-refractivity contribution in [1.29, 1.82) is 0 Å². The topological polar surface area (TPSA) is 55.1 Å². The smallest absolute Gasteiger partial charge is 0.303 e. The molecular weight excluding hydrogens is 216 g/mol. The maximum absolute atomic E-state index is 10.5. The Labute approximate surface area is 99.5 Å². The Morgan fingerprint density at radius 3 is 2.76 bits per heavy atom. The molecule has 0 saturated heterocycles. The molecule has 2 aromatic rings. The van der Waals surface area contributed by atoms with Gasteiger partial charge in [0.25, 0.3) is 0 Å². The number of hydrogen-bond acceptors (Lipinski definition) is 2. The van der Waals surface area contributed by atoms with E-state index in [0.29, 0.717) is 6.42 Å². The molecule has 17 heavy (non-hydrogen) atoms. The molecule has 0 aliphatic heterocycles. The summed E-state index contributed by atoms with van der Waals surface area (Å²) >= 11 is 0. The summed E-state index contributed by atoms with van der Waals surface area (Å²) < 4.78 is 1.98. The van der Waals surface area contributed by atoms with Gasteiger partial charge in [0.1, 0.15) is 0 Å². The molecule has 4 heteroatoms. The third kappa shape index (κ3) is 3.17. The second-order valence-electron chi connectivity index (χ2n) is 3.89. The molecule has 0 spiro atoms. The zero-order valence-corrected chi connectivity index (χ0v) is 9.41. The quantitative estimate of drug-likeness (QED) is 0.854. The highest BCUT2D eigenvalue weighted by molar-refractivity contribution is 5.66. The molecule has 0 radical (unpaired) electrons. The van der Waals surface area contributed by atoms with Gasteiger partial charge in [-0.2, -0.15) is 0 Å². The second kappa shape index (κ2) is 5.30. The normalized spacial score (nSPS) is 10.4. The van der Waals surface area contributed by atoms with Gasteiger partial charge in [0, 0.05) is 18.4 Å². The van der Waals surface area contributed by atoms with E-state index in [2.05, 4.69) is 4.98 Å². The van der Waals surface area contributed by atoms with Gasteiger partial charge in [0.05, 0.1) is 12.7 Å². The molecule has 1 aromatic carbocycles. The number of carboxylic acid groups (broad SMARTS) is 1. The zero-order chi connectivity index (χ0) is 12.1. The molecule has 0 aliphatic carbocycles. The molecule has 0 amide bonds. The standard InChI is InChI=1S/C13H14N2O2/c16-13(17)7-6-12-8-14-10-15(12)9-11-4-2-1-3-5-11/h1-5,8,10H,6-7,9H2,(H,16,17). The molecule has 2 rings (SSSR count). The Kier molecular flexibility index (Phi) is 3.55. The van der Waals surface area contributed by atoms with Crippen LogP contribution in [0.3, 0.4) is 0 Å². The van der Waals surface area contributed by atoms with E-state index in [-0.39, 0.29) is 6.42 Å². The molecule has 0 unspecified atom stereocenters. The first-order valence-corrected chi connectivity index (χ1v) is 5.50. The molecule has 0 aliphatic rings. The van der Waals surface area contributed by atoms with Gasteiger partial charge in [-0.3, -0.25) is 4.79 Å². The predicted octanol–water partition coefficient (Wildman–Crippen LogP) is 1.95. The van der Waals surface area contributed by atoms with Crippen molar-refractivity contribution in [2.24, 2.45) is 0 Å². The number of aliphatic carboxylic acids is 1. The van der Waals surface area contributed by atoms with Crippen LogP contribution >= 0.6 is 0 Å². The van der Waals surface area contributed by atoms with Crippen molar-refractivity contribution in [3.63, 3.8) is 0 Å². The lowest BCUT2D eigenvalue weighted by Gasteiger charge is -2.07. The molecular formula is C13H14N2O2. The highest BCUT2D eigenvalue weighted by Crippen LogP contribution is 2.08. The second-order valence-corrected chi connectivity index (χ2v) is 3.89. The summed E-state index contributed by atoms with van der Waals surface area (Å²) in [4.78, 5) is 14.6. The van der Waals surface area contributed by atoms with Crippen LogP contribution in [-0.4, -0.2) is 20.6 Å². The van der Waals surface area contributed by atoms with Crippen LogP contribution < -0.4 is 0 Å².